The summed E-state index contributed by atoms with van der Waals surface area (Å²) < 4.78 is 37.4. The fourth-order valence-electron chi connectivity index (χ4n) is 2.16. The van der Waals surface area contributed by atoms with Crippen LogP contribution in [0.4, 0.5) is 13.2 Å². The Bertz CT molecular complexity index is 417. The molecule has 0 bridgehead atoms. The molecule has 0 aromatic heterocycles. The van der Waals surface area contributed by atoms with Crippen LogP contribution in [0.25, 0.3) is 0 Å². The first-order chi connectivity index (χ1) is 9.33. The Hall–Kier alpha value is -1.36. The quantitative estimate of drug-likeness (QED) is 0.711. The van der Waals surface area contributed by atoms with Crippen LogP contribution in [-0.2, 0) is 0 Å². The molecular weight excluding hydrogens is 267 g/mol. The number of hydrogen-bond acceptors (Lipinski definition) is 2. The fourth-order valence-corrected chi connectivity index (χ4v) is 2.16. The van der Waals surface area contributed by atoms with Gasteiger partial charge < -0.3 is 0 Å². The van der Waals surface area contributed by atoms with Crippen molar-refractivity contribution in [1.82, 2.24) is 4.90 Å². The van der Waals surface area contributed by atoms with Gasteiger partial charge in [-0.2, -0.15) is 13.2 Å². The molecule has 0 N–H and O–H groups in total. The first-order valence-electron chi connectivity index (χ1n) is 6.72. The normalized spacial score (nSPS) is 13.5. The number of nitrogens with zero attached hydrogens (tertiary/aromatic N) is 1. The molecule has 20 heavy (non-hydrogen) atoms. The minimum Gasteiger partial charge on any atom is -0.294 e. The van der Waals surface area contributed by atoms with Gasteiger partial charge in [0.15, 0.2) is 5.78 Å². The number of carbonyl (C=O) groups is 1. The largest absolute Gasteiger partial charge is 0.401 e. The van der Waals surface area contributed by atoms with Gasteiger partial charge in [0, 0.05) is 18.0 Å². The highest BCUT2D eigenvalue weighted by Crippen LogP contribution is 2.18. The summed E-state index contributed by atoms with van der Waals surface area (Å²) >= 11 is 0. The van der Waals surface area contributed by atoms with Gasteiger partial charge in [0.2, 0.25) is 0 Å². The topological polar surface area (TPSA) is 20.3 Å². The zero-order chi connectivity index (χ0) is 15.2. The first kappa shape index (κ1) is 16.7. The van der Waals surface area contributed by atoms with Crippen molar-refractivity contribution in [3.8, 4) is 0 Å². The molecule has 0 amide bonds. The van der Waals surface area contributed by atoms with Crippen LogP contribution in [-0.4, -0.2) is 36.5 Å². The minimum atomic E-state index is -4.23. The van der Waals surface area contributed by atoms with Crippen LogP contribution in [0.3, 0.4) is 0 Å². The van der Waals surface area contributed by atoms with Gasteiger partial charge in [-0.05, 0) is 13.0 Å². The molecule has 0 aliphatic rings. The molecule has 0 saturated carbocycles. The van der Waals surface area contributed by atoms with Crippen LogP contribution in [0, 0.1) is 5.92 Å². The van der Waals surface area contributed by atoms with Crippen molar-refractivity contribution in [2.45, 2.75) is 26.4 Å². The fraction of sp³-hybridized carbons (Fsp3) is 0.533. The monoisotopic (exact) mass is 287 g/mol. The van der Waals surface area contributed by atoms with Gasteiger partial charge in [-0.1, -0.05) is 44.2 Å². The second-order valence-electron chi connectivity index (χ2n) is 4.98. The summed E-state index contributed by atoms with van der Waals surface area (Å²) in [5.74, 6) is -0.569. The highest BCUT2D eigenvalue weighted by atomic mass is 19.4. The van der Waals surface area contributed by atoms with E-state index in [0.29, 0.717) is 18.5 Å². The average Bonchev–Trinajstić information content (AvgIpc) is 2.37. The van der Waals surface area contributed by atoms with Gasteiger partial charge in [-0.3, -0.25) is 9.69 Å². The summed E-state index contributed by atoms with van der Waals surface area (Å²) in [5, 5.41) is 0. The van der Waals surface area contributed by atoms with Gasteiger partial charge in [0.1, 0.15) is 0 Å². The molecule has 2 nitrogen and oxygen atoms in total. The maximum atomic E-state index is 12.5. The molecular formula is C15H20F3NO. The Morgan fingerprint density at radius 2 is 1.85 bits per heavy atom. The van der Waals surface area contributed by atoms with E-state index in [4.69, 9.17) is 0 Å². The maximum absolute atomic E-state index is 12.5. The van der Waals surface area contributed by atoms with Crippen molar-refractivity contribution in [2.75, 3.05) is 19.6 Å². The van der Waals surface area contributed by atoms with Crippen molar-refractivity contribution in [3.05, 3.63) is 35.9 Å². The molecule has 0 aliphatic heterocycles. The molecule has 0 radical (unpaired) electrons. The summed E-state index contributed by atoms with van der Waals surface area (Å²) in [4.78, 5) is 13.4. The number of ketones is 1. The highest BCUT2D eigenvalue weighted by Gasteiger charge is 2.31. The van der Waals surface area contributed by atoms with E-state index in [1.165, 1.54) is 4.90 Å². The number of Topliss-reactive ketones (excluding diaryl/α,β-unsaturated/α-hetero) is 1. The zero-order valence-electron chi connectivity index (χ0n) is 11.8. The van der Waals surface area contributed by atoms with Gasteiger partial charge >= 0.3 is 6.18 Å². The molecule has 0 heterocycles. The standard InChI is InChI=1S/C15H20F3NO/c1-3-9-19(11-15(16,17)18)10-12(2)14(20)13-7-5-4-6-8-13/h4-8,12H,3,9-11H2,1-2H3. The number of hydrogen-bond donors (Lipinski definition) is 0. The smallest absolute Gasteiger partial charge is 0.294 e. The van der Waals surface area contributed by atoms with Crippen molar-refractivity contribution in [2.24, 2.45) is 5.92 Å². The lowest BCUT2D eigenvalue weighted by molar-refractivity contribution is -0.146. The zero-order valence-corrected chi connectivity index (χ0v) is 11.8. The van der Waals surface area contributed by atoms with E-state index in [-0.39, 0.29) is 12.3 Å². The molecule has 1 atom stereocenters. The molecule has 0 spiro atoms. The number of rotatable bonds is 7. The van der Waals surface area contributed by atoms with E-state index < -0.39 is 18.6 Å². The van der Waals surface area contributed by atoms with Crippen molar-refractivity contribution >= 4 is 5.78 Å². The Labute approximate surface area is 117 Å². The Kier molecular flexibility index (Phi) is 6.20. The molecule has 0 saturated heterocycles. The van der Waals surface area contributed by atoms with Crippen molar-refractivity contribution in [1.29, 1.82) is 0 Å². The van der Waals surface area contributed by atoms with E-state index >= 15 is 0 Å². The summed E-state index contributed by atoms with van der Waals surface area (Å²) in [6.07, 6.45) is -3.60. The third kappa shape index (κ3) is 5.74. The van der Waals surface area contributed by atoms with Gasteiger partial charge in [-0.15, -0.1) is 0 Å². The predicted octanol–water partition coefficient (Wildman–Crippen LogP) is 3.78. The third-order valence-electron chi connectivity index (χ3n) is 2.98. The molecule has 1 rings (SSSR count). The van der Waals surface area contributed by atoms with E-state index in [0.717, 1.165) is 0 Å². The average molecular weight is 287 g/mol. The van der Waals surface area contributed by atoms with Crippen LogP contribution in [0.1, 0.15) is 30.6 Å². The Morgan fingerprint density at radius 3 is 2.35 bits per heavy atom. The lowest BCUT2D eigenvalue weighted by Crippen LogP contribution is -2.39. The number of alkyl halides is 3. The second kappa shape index (κ2) is 7.43. The molecule has 1 aromatic rings. The first-order valence-corrected chi connectivity index (χ1v) is 6.72. The van der Waals surface area contributed by atoms with E-state index in [9.17, 15) is 18.0 Å². The Balaban J connectivity index is 2.66. The number of halogens is 3. The Morgan fingerprint density at radius 1 is 1.25 bits per heavy atom. The van der Waals surface area contributed by atoms with Gasteiger partial charge in [0.05, 0.1) is 6.54 Å². The van der Waals surface area contributed by atoms with E-state index in [1.54, 1.807) is 37.3 Å². The van der Waals surface area contributed by atoms with Gasteiger partial charge in [0.25, 0.3) is 0 Å². The lowest BCUT2D eigenvalue weighted by atomic mass is 9.99. The minimum absolute atomic E-state index is 0.117. The molecule has 1 unspecified atom stereocenters. The maximum Gasteiger partial charge on any atom is 0.401 e. The highest BCUT2D eigenvalue weighted by molar-refractivity contribution is 5.97. The summed E-state index contributed by atoms with van der Waals surface area (Å²) in [5.41, 5.74) is 0.545. The SMILES string of the molecule is CCCN(CC(C)C(=O)c1ccccc1)CC(F)(F)F. The van der Waals surface area contributed by atoms with Crippen LogP contribution >= 0.6 is 0 Å². The summed E-state index contributed by atoms with van der Waals surface area (Å²) in [6, 6.07) is 8.67. The second-order valence-corrected chi connectivity index (χ2v) is 4.98. The van der Waals surface area contributed by atoms with Crippen LogP contribution in [0.5, 0.6) is 0 Å². The van der Waals surface area contributed by atoms with Crippen molar-refractivity contribution in [3.63, 3.8) is 0 Å². The molecule has 112 valence electrons. The predicted molar refractivity (Wildman–Crippen MR) is 72.7 cm³/mol. The van der Waals surface area contributed by atoms with Crippen LogP contribution in [0.2, 0.25) is 0 Å². The molecule has 0 aliphatic carbocycles. The van der Waals surface area contributed by atoms with E-state index in [2.05, 4.69) is 0 Å². The lowest BCUT2D eigenvalue weighted by Gasteiger charge is -2.25. The summed E-state index contributed by atoms with van der Waals surface area (Å²) in [7, 11) is 0. The molecule has 0 fully saturated rings. The van der Waals surface area contributed by atoms with Crippen LogP contribution < -0.4 is 0 Å². The van der Waals surface area contributed by atoms with Crippen LogP contribution in [0.15, 0.2) is 30.3 Å². The van der Waals surface area contributed by atoms with Crippen molar-refractivity contribution < 1.29 is 18.0 Å². The number of carbonyl (C=O) groups excluding carboxylic acids is 1. The molecule has 1 aromatic carbocycles. The van der Waals surface area contributed by atoms with E-state index in [1.807, 2.05) is 6.92 Å². The third-order valence-corrected chi connectivity index (χ3v) is 2.98. The molecule has 5 heteroatoms. The summed E-state index contributed by atoms with van der Waals surface area (Å²) in [6.45, 7) is 3.00. The number of benzene rings is 1. The van der Waals surface area contributed by atoms with Gasteiger partial charge in [-0.25, -0.2) is 0 Å².